The molecule has 0 unspecified atom stereocenters. The zero-order valence-corrected chi connectivity index (χ0v) is 7.57. The number of aryl methyl sites for hydroxylation is 2. The lowest BCUT2D eigenvalue weighted by molar-refractivity contribution is 0.0694. The maximum Gasteiger partial charge on any atom is 0.341 e. The van der Waals surface area contributed by atoms with Gasteiger partial charge in [0.2, 0.25) is 0 Å². The van der Waals surface area contributed by atoms with Gasteiger partial charge in [0.05, 0.1) is 0 Å². The Morgan fingerprint density at radius 1 is 1.54 bits per heavy atom. The molecule has 0 fully saturated rings. The van der Waals surface area contributed by atoms with Crippen molar-refractivity contribution in [3.63, 3.8) is 0 Å². The van der Waals surface area contributed by atoms with Gasteiger partial charge in [-0.2, -0.15) is 0 Å². The fourth-order valence-corrected chi connectivity index (χ4v) is 1.18. The van der Waals surface area contributed by atoms with Crippen molar-refractivity contribution in [3.05, 3.63) is 33.7 Å². The average Bonchev–Trinajstić information content (AvgIpc) is 2.08. The topological polar surface area (TPSA) is 59.3 Å². The third-order valence-corrected chi connectivity index (χ3v) is 1.84. The van der Waals surface area contributed by atoms with E-state index in [0.717, 1.165) is 0 Å². The van der Waals surface area contributed by atoms with Crippen molar-refractivity contribution in [1.29, 1.82) is 0 Å². The molecule has 0 saturated heterocycles. The van der Waals surface area contributed by atoms with E-state index in [4.69, 9.17) is 5.11 Å². The van der Waals surface area contributed by atoms with Crippen molar-refractivity contribution < 1.29 is 9.90 Å². The Morgan fingerprint density at radius 3 is 2.62 bits per heavy atom. The molecule has 0 atom stereocenters. The van der Waals surface area contributed by atoms with Crippen LogP contribution in [0.2, 0.25) is 0 Å². The van der Waals surface area contributed by atoms with E-state index in [1.807, 2.05) is 6.92 Å². The minimum absolute atomic E-state index is 0.165. The summed E-state index contributed by atoms with van der Waals surface area (Å²) in [5, 5.41) is 8.70. The molecule has 0 bridgehead atoms. The summed E-state index contributed by atoms with van der Waals surface area (Å²) in [7, 11) is 1.70. The molecular formula is C9H11NO3. The fraction of sp³-hybridized carbons (Fsp3) is 0.333. The van der Waals surface area contributed by atoms with E-state index in [1.165, 1.54) is 6.20 Å². The smallest absolute Gasteiger partial charge is 0.341 e. The van der Waals surface area contributed by atoms with E-state index in [0.29, 0.717) is 12.0 Å². The van der Waals surface area contributed by atoms with Gasteiger partial charge in [0.25, 0.3) is 0 Å². The molecule has 0 amide bonds. The van der Waals surface area contributed by atoms with Gasteiger partial charge in [-0.3, -0.25) is 4.79 Å². The molecule has 4 nitrogen and oxygen atoms in total. The van der Waals surface area contributed by atoms with Crippen molar-refractivity contribution >= 4 is 5.97 Å². The van der Waals surface area contributed by atoms with Gasteiger partial charge in [0.15, 0.2) is 5.43 Å². The summed E-state index contributed by atoms with van der Waals surface area (Å²) in [6.07, 6.45) is 3.52. The zero-order chi connectivity index (χ0) is 10.0. The minimum atomic E-state index is -1.17. The second-order valence-corrected chi connectivity index (χ2v) is 2.85. The molecule has 70 valence electrons. The van der Waals surface area contributed by atoms with Gasteiger partial charge in [0, 0.05) is 25.0 Å². The van der Waals surface area contributed by atoms with Crippen LogP contribution in [0.3, 0.4) is 0 Å². The summed E-state index contributed by atoms with van der Waals surface area (Å²) in [4.78, 5) is 22.0. The lowest BCUT2D eigenvalue weighted by Crippen LogP contribution is -2.20. The summed E-state index contributed by atoms with van der Waals surface area (Å²) in [6, 6.07) is 0. The maximum atomic E-state index is 11.4. The molecule has 1 aromatic rings. The molecule has 0 radical (unpaired) electrons. The number of hydrogen-bond acceptors (Lipinski definition) is 2. The quantitative estimate of drug-likeness (QED) is 0.728. The minimum Gasteiger partial charge on any atom is -0.477 e. The summed E-state index contributed by atoms with van der Waals surface area (Å²) in [5.74, 6) is -1.17. The average molecular weight is 181 g/mol. The van der Waals surface area contributed by atoms with Crippen molar-refractivity contribution in [1.82, 2.24) is 4.57 Å². The van der Waals surface area contributed by atoms with Crippen molar-refractivity contribution in [2.75, 3.05) is 0 Å². The molecule has 0 saturated carbocycles. The summed E-state index contributed by atoms with van der Waals surface area (Å²) in [6.45, 7) is 1.82. The molecule has 0 aliphatic heterocycles. The first kappa shape index (κ1) is 9.51. The predicted molar refractivity (Wildman–Crippen MR) is 48.0 cm³/mol. The van der Waals surface area contributed by atoms with Crippen LogP contribution < -0.4 is 5.43 Å². The highest BCUT2D eigenvalue weighted by Crippen LogP contribution is 1.97. The van der Waals surface area contributed by atoms with Crippen LogP contribution in [0.15, 0.2) is 17.2 Å². The predicted octanol–water partition coefficient (Wildman–Crippen LogP) is 0.646. The first-order chi connectivity index (χ1) is 6.06. The number of carboxylic acids is 1. The molecule has 4 heteroatoms. The number of aromatic carboxylic acids is 1. The Balaban J connectivity index is 3.45. The van der Waals surface area contributed by atoms with Crippen LogP contribution in [0.1, 0.15) is 22.8 Å². The highest BCUT2D eigenvalue weighted by Gasteiger charge is 2.11. The number of aromatic nitrogens is 1. The number of carboxylic acid groups (broad SMARTS) is 1. The molecule has 0 aliphatic rings. The van der Waals surface area contributed by atoms with Crippen LogP contribution in [-0.4, -0.2) is 15.6 Å². The van der Waals surface area contributed by atoms with Crippen molar-refractivity contribution in [3.8, 4) is 0 Å². The number of carbonyl (C=O) groups is 1. The lowest BCUT2D eigenvalue weighted by Gasteiger charge is -2.03. The van der Waals surface area contributed by atoms with E-state index in [1.54, 1.807) is 17.8 Å². The van der Waals surface area contributed by atoms with E-state index in [9.17, 15) is 9.59 Å². The van der Waals surface area contributed by atoms with Gasteiger partial charge >= 0.3 is 5.97 Å². The molecular weight excluding hydrogens is 170 g/mol. The van der Waals surface area contributed by atoms with E-state index in [-0.39, 0.29) is 11.0 Å². The summed E-state index contributed by atoms with van der Waals surface area (Å²) >= 11 is 0. The van der Waals surface area contributed by atoms with Crippen molar-refractivity contribution in [2.45, 2.75) is 13.3 Å². The number of hydrogen-bond donors (Lipinski definition) is 1. The van der Waals surface area contributed by atoms with Crippen LogP contribution in [0.5, 0.6) is 0 Å². The Morgan fingerprint density at radius 2 is 2.15 bits per heavy atom. The SMILES string of the molecule is CCc1cn(C)cc(C(=O)O)c1=O. The highest BCUT2D eigenvalue weighted by atomic mass is 16.4. The highest BCUT2D eigenvalue weighted by molar-refractivity contribution is 5.87. The summed E-state index contributed by atoms with van der Waals surface area (Å²) in [5.41, 5.74) is -0.0163. The first-order valence-corrected chi connectivity index (χ1v) is 3.98. The van der Waals surface area contributed by atoms with E-state index < -0.39 is 5.97 Å². The van der Waals surface area contributed by atoms with Gasteiger partial charge in [-0.1, -0.05) is 6.92 Å². The van der Waals surface area contributed by atoms with Crippen LogP contribution in [0.25, 0.3) is 0 Å². The van der Waals surface area contributed by atoms with Crippen LogP contribution in [0.4, 0.5) is 0 Å². The zero-order valence-electron chi connectivity index (χ0n) is 7.57. The molecule has 13 heavy (non-hydrogen) atoms. The fourth-order valence-electron chi connectivity index (χ4n) is 1.18. The van der Waals surface area contributed by atoms with E-state index >= 15 is 0 Å². The Labute approximate surface area is 75.4 Å². The van der Waals surface area contributed by atoms with Gasteiger partial charge in [-0.25, -0.2) is 4.79 Å². The Bertz CT molecular complexity index is 392. The van der Waals surface area contributed by atoms with E-state index in [2.05, 4.69) is 0 Å². The van der Waals surface area contributed by atoms with Gasteiger partial charge < -0.3 is 9.67 Å². The van der Waals surface area contributed by atoms with Crippen molar-refractivity contribution in [2.24, 2.45) is 7.05 Å². The third kappa shape index (κ3) is 1.77. The number of pyridine rings is 1. The molecule has 0 spiro atoms. The normalized spacial score (nSPS) is 10.0. The van der Waals surface area contributed by atoms with Crippen LogP contribution in [0, 0.1) is 0 Å². The monoisotopic (exact) mass is 181 g/mol. The Hall–Kier alpha value is -1.58. The van der Waals surface area contributed by atoms with Crippen LogP contribution in [-0.2, 0) is 13.5 Å². The number of rotatable bonds is 2. The Kier molecular flexibility index (Phi) is 2.51. The standard InChI is InChI=1S/C9H11NO3/c1-3-6-4-10(2)5-7(8(6)11)9(12)13/h4-5H,3H2,1-2H3,(H,12,13). The van der Waals surface area contributed by atoms with Gasteiger partial charge in [-0.05, 0) is 6.42 Å². The molecule has 1 rings (SSSR count). The molecule has 0 aliphatic carbocycles. The van der Waals surface area contributed by atoms with Crippen LogP contribution >= 0.6 is 0 Å². The maximum absolute atomic E-state index is 11.4. The molecule has 0 aromatic carbocycles. The second-order valence-electron chi connectivity index (χ2n) is 2.85. The largest absolute Gasteiger partial charge is 0.477 e. The van der Waals surface area contributed by atoms with Gasteiger partial charge in [0.1, 0.15) is 5.56 Å². The molecule has 1 N–H and O–H groups in total. The lowest BCUT2D eigenvalue weighted by atomic mass is 10.1. The second kappa shape index (κ2) is 3.43. The van der Waals surface area contributed by atoms with Gasteiger partial charge in [-0.15, -0.1) is 0 Å². The third-order valence-electron chi connectivity index (χ3n) is 1.84. The molecule has 1 heterocycles. The summed E-state index contributed by atoms with van der Waals surface area (Å²) < 4.78 is 1.59. The number of nitrogens with zero attached hydrogens (tertiary/aromatic N) is 1. The first-order valence-electron chi connectivity index (χ1n) is 3.98. The molecule has 1 aromatic heterocycles.